The minimum Gasteiger partial charge on any atom is -0.508 e. The van der Waals surface area contributed by atoms with Crippen LogP contribution in [0.5, 0.6) is 23.0 Å². The standard InChI is InChI=1S/C19H17O5P/c1-15-14-16(20)12-13-19(15)24-25(21,22-17-8-4-2-5-9-17)23-18-10-6-3-7-11-18/h2-14,20H,1H3. The summed E-state index contributed by atoms with van der Waals surface area (Å²) in [6, 6.07) is 21.8. The first-order chi connectivity index (χ1) is 12.0. The second kappa shape index (κ2) is 7.32. The topological polar surface area (TPSA) is 65.0 Å². The Morgan fingerprint density at radius 1 is 0.760 bits per heavy atom. The van der Waals surface area contributed by atoms with E-state index in [9.17, 15) is 9.67 Å². The lowest BCUT2D eigenvalue weighted by atomic mass is 10.2. The molecule has 5 nitrogen and oxygen atoms in total. The van der Waals surface area contributed by atoms with Gasteiger partial charge in [-0.3, -0.25) is 0 Å². The molecular weight excluding hydrogens is 339 g/mol. The van der Waals surface area contributed by atoms with Crippen LogP contribution in [0.3, 0.4) is 0 Å². The van der Waals surface area contributed by atoms with Crippen molar-refractivity contribution in [3.63, 3.8) is 0 Å². The highest BCUT2D eigenvalue weighted by Gasteiger charge is 2.33. The lowest BCUT2D eigenvalue weighted by Crippen LogP contribution is -2.08. The number of rotatable bonds is 6. The second-order valence-corrected chi connectivity index (χ2v) is 6.74. The van der Waals surface area contributed by atoms with Crippen molar-refractivity contribution in [1.82, 2.24) is 0 Å². The van der Waals surface area contributed by atoms with Crippen LogP contribution in [-0.4, -0.2) is 5.11 Å². The maximum atomic E-state index is 13.2. The molecule has 25 heavy (non-hydrogen) atoms. The van der Waals surface area contributed by atoms with Crippen molar-refractivity contribution in [3.05, 3.63) is 84.4 Å². The molecule has 0 fully saturated rings. The van der Waals surface area contributed by atoms with E-state index in [1.165, 1.54) is 18.2 Å². The van der Waals surface area contributed by atoms with Gasteiger partial charge in [-0.25, -0.2) is 0 Å². The number of para-hydroxylation sites is 2. The van der Waals surface area contributed by atoms with Gasteiger partial charge in [-0.1, -0.05) is 36.4 Å². The molecule has 3 aromatic carbocycles. The average Bonchev–Trinajstić information content (AvgIpc) is 2.59. The fourth-order valence-electron chi connectivity index (χ4n) is 2.13. The summed E-state index contributed by atoms with van der Waals surface area (Å²) in [6.45, 7) is 1.73. The second-order valence-electron chi connectivity index (χ2n) is 5.30. The van der Waals surface area contributed by atoms with E-state index in [0.717, 1.165) is 0 Å². The summed E-state index contributed by atoms with van der Waals surface area (Å²) in [5, 5.41) is 9.52. The van der Waals surface area contributed by atoms with E-state index in [1.54, 1.807) is 55.5 Å². The zero-order valence-corrected chi connectivity index (χ0v) is 14.4. The summed E-state index contributed by atoms with van der Waals surface area (Å²) in [6.07, 6.45) is 0. The molecule has 0 unspecified atom stereocenters. The van der Waals surface area contributed by atoms with Crippen LogP contribution < -0.4 is 13.6 Å². The van der Waals surface area contributed by atoms with Crippen LogP contribution in [0.1, 0.15) is 5.56 Å². The van der Waals surface area contributed by atoms with Crippen molar-refractivity contribution in [2.75, 3.05) is 0 Å². The van der Waals surface area contributed by atoms with Crippen LogP contribution in [0.15, 0.2) is 78.9 Å². The number of aryl methyl sites for hydroxylation is 1. The molecule has 1 N–H and O–H groups in total. The summed E-state index contributed by atoms with van der Waals surface area (Å²) in [5.41, 5.74) is 0.605. The maximum absolute atomic E-state index is 13.2. The van der Waals surface area contributed by atoms with Gasteiger partial charge in [0.1, 0.15) is 23.0 Å². The molecule has 0 bridgehead atoms. The van der Waals surface area contributed by atoms with E-state index in [0.29, 0.717) is 22.8 Å². The Bertz CT molecular complexity index is 835. The third-order valence-corrected chi connectivity index (χ3v) is 4.58. The molecule has 0 saturated heterocycles. The summed E-state index contributed by atoms with van der Waals surface area (Å²) in [4.78, 5) is 0. The molecule has 0 radical (unpaired) electrons. The van der Waals surface area contributed by atoms with Crippen LogP contribution in [-0.2, 0) is 4.57 Å². The third kappa shape index (κ3) is 4.55. The molecule has 0 atom stereocenters. The zero-order valence-electron chi connectivity index (χ0n) is 13.5. The smallest absolute Gasteiger partial charge is 0.508 e. The number of hydrogen-bond acceptors (Lipinski definition) is 5. The number of aromatic hydroxyl groups is 1. The van der Waals surface area contributed by atoms with Crippen molar-refractivity contribution in [2.24, 2.45) is 0 Å². The van der Waals surface area contributed by atoms with Crippen LogP contribution in [0.4, 0.5) is 0 Å². The van der Waals surface area contributed by atoms with E-state index in [-0.39, 0.29) is 5.75 Å². The molecule has 0 amide bonds. The van der Waals surface area contributed by atoms with Crippen LogP contribution in [0.2, 0.25) is 0 Å². The monoisotopic (exact) mass is 356 g/mol. The van der Waals surface area contributed by atoms with Gasteiger partial charge in [0.15, 0.2) is 0 Å². The Kier molecular flexibility index (Phi) is 4.96. The van der Waals surface area contributed by atoms with Gasteiger partial charge < -0.3 is 18.7 Å². The predicted octanol–water partition coefficient (Wildman–Crippen LogP) is 5.35. The maximum Gasteiger partial charge on any atom is 0.647 e. The lowest BCUT2D eigenvalue weighted by Gasteiger charge is -2.20. The molecule has 0 aliphatic carbocycles. The van der Waals surface area contributed by atoms with E-state index < -0.39 is 7.82 Å². The normalized spacial score (nSPS) is 10.9. The highest BCUT2D eigenvalue weighted by atomic mass is 31.2. The molecule has 3 aromatic rings. The zero-order chi connectivity index (χ0) is 17.7. The molecule has 0 aromatic heterocycles. The number of phenolic OH excluding ortho intramolecular Hbond substituents is 1. The fraction of sp³-hybridized carbons (Fsp3) is 0.0526. The van der Waals surface area contributed by atoms with Gasteiger partial charge in [0.2, 0.25) is 0 Å². The van der Waals surface area contributed by atoms with Gasteiger partial charge in [-0.2, -0.15) is 4.57 Å². The number of phenols is 1. The van der Waals surface area contributed by atoms with Crippen molar-refractivity contribution in [3.8, 4) is 23.0 Å². The van der Waals surface area contributed by atoms with Gasteiger partial charge in [0.05, 0.1) is 0 Å². The van der Waals surface area contributed by atoms with E-state index in [4.69, 9.17) is 13.6 Å². The number of phosphoric ester groups is 1. The first-order valence-corrected chi connectivity index (χ1v) is 9.09. The van der Waals surface area contributed by atoms with E-state index in [2.05, 4.69) is 0 Å². The SMILES string of the molecule is Cc1cc(O)ccc1OP(=O)(Oc1ccccc1)Oc1ccccc1. The van der Waals surface area contributed by atoms with Gasteiger partial charge in [-0.05, 0) is 55.0 Å². The Labute approximate surface area is 146 Å². The third-order valence-electron chi connectivity index (χ3n) is 3.29. The molecule has 6 heteroatoms. The minimum atomic E-state index is -4.01. The Balaban J connectivity index is 1.91. The van der Waals surface area contributed by atoms with Gasteiger partial charge in [0.25, 0.3) is 0 Å². The number of hydrogen-bond donors (Lipinski definition) is 1. The Morgan fingerprint density at radius 3 is 1.76 bits per heavy atom. The molecule has 128 valence electrons. The quantitative estimate of drug-likeness (QED) is 0.604. The van der Waals surface area contributed by atoms with E-state index >= 15 is 0 Å². The average molecular weight is 356 g/mol. The lowest BCUT2D eigenvalue weighted by molar-refractivity contribution is 0.297. The summed E-state index contributed by atoms with van der Waals surface area (Å²) in [7, 11) is -4.01. The van der Waals surface area contributed by atoms with Crippen molar-refractivity contribution in [1.29, 1.82) is 0 Å². The minimum absolute atomic E-state index is 0.0904. The molecule has 0 aliphatic rings. The van der Waals surface area contributed by atoms with Crippen molar-refractivity contribution >= 4 is 7.82 Å². The van der Waals surface area contributed by atoms with Crippen LogP contribution in [0.25, 0.3) is 0 Å². The molecule has 3 rings (SSSR count). The van der Waals surface area contributed by atoms with Crippen molar-refractivity contribution < 1.29 is 23.2 Å². The molecule has 0 spiro atoms. The summed E-state index contributed by atoms with van der Waals surface area (Å²) < 4.78 is 29.9. The molecular formula is C19H17O5P. The van der Waals surface area contributed by atoms with Gasteiger partial charge in [0, 0.05) is 0 Å². The largest absolute Gasteiger partial charge is 0.647 e. The predicted molar refractivity (Wildman–Crippen MR) is 95.2 cm³/mol. The Morgan fingerprint density at radius 2 is 1.28 bits per heavy atom. The van der Waals surface area contributed by atoms with E-state index in [1.807, 2.05) is 12.1 Å². The van der Waals surface area contributed by atoms with Crippen LogP contribution in [0, 0.1) is 6.92 Å². The summed E-state index contributed by atoms with van der Waals surface area (Å²) >= 11 is 0. The highest BCUT2D eigenvalue weighted by Crippen LogP contribution is 2.50. The Hall–Kier alpha value is -2.91. The van der Waals surface area contributed by atoms with Crippen LogP contribution >= 0.6 is 7.82 Å². The summed E-state index contributed by atoms with van der Waals surface area (Å²) in [5.74, 6) is 1.11. The van der Waals surface area contributed by atoms with Gasteiger partial charge >= 0.3 is 7.82 Å². The first-order valence-electron chi connectivity index (χ1n) is 7.63. The fourth-order valence-corrected chi connectivity index (χ4v) is 3.45. The van der Waals surface area contributed by atoms with Crippen molar-refractivity contribution in [2.45, 2.75) is 6.92 Å². The highest BCUT2D eigenvalue weighted by molar-refractivity contribution is 7.49. The molecule has 0 aliphatic heterocycles. The number of phosphoric acid groups is 1. The first kappa shape index (κ1) is 16.9. The molecule has 0 heterocycles. The van der Waals surface area contributed by atoms with Gasteiger partial charge in [-0.15, -0.1) is 0 Å². The molecule has 0 saturated carbocycles. The number of benzene rings is 3.